The predicted molar refractivity (Wildman–Crippen MR) is 94.9 cm³/mol. The van der Waals surface area contributed by atoms with Crippen LogP contribution >= 0.6 is 0 Å². The van der Waals surface area contributed by atoms with Crippen molar-refractivity contribution in [3.8, 4) is 6.07 Å². The fourth-order valence-corrected chi connectivity index (χ4v) is 3.77. The molecular formula is C20H21N3O3. The molecule has 26 heavy (non-hydrogen) atoms. The maximum atomic E-state index is 12.5. The van der Waals surface area contributed by atoms with E-state index in [1.807, 2.05) is 47.4 Å². The molecule has 1 aliphatic heterocycles. The van der Waals surface area contributed by atoms with Gasteiger partial charge in [0.15, 0.2) is 0 Å². The van der Waals surface area contributed by atoms with Crippen LogP contribution in [0, 0.1) is 17.2 Å². The van der Waals surface area contributed by atoms with Crippen molar-refractivity contribution in [3.05, 3.63) is 66.0 Å². The van der Waals surface area contributed by atoms with E-state index in [0.29, 0.717) is 6.54 Å². The standard InChI is InChI=1S/C20H21N3O3/c1-26-20(25)19-16(15-8-5-9-22-11-15)12-23(17(19)10-21)18(13-24)14-6-3-2-4-7-14/h2-9,11,16-19,24H,12-13H2,1H3/t16-,17+,18-,19-/m0/s1. The first-order chi connectivity index (χ1) is 12.7. The van der Waals surface area contributed by atoms with Gasteiger partial charge in [0.2, 0.25) is 0 Å². The van der Waals surface area contributed by atoms with Gasteiger partial charge < -0.3 is 9.84 Å². The van der Waals surface area contributed by atoms with E-state index < -0.39 is 17.9 Å². The highest BCUT2D eigenvalue weighted by Crippen LogP contribution is 2.41. The summed E-state index contributed by atoms with van der Waals surface area (Å²) in [6.07, 6.45) is 3.39. The number of carbonyl (C=O) groups excluding carboxylic acids is 1. The Bertz CT molecular complexity index is 776. The normalized spacial score (nSPS) is 24.0. The number of pyridine rings is 1. The van der Waals surface area contributed by atoms with Crippen molar-refractivity contribution in [2.45, 2.75) is 18.0 Å². The largest absolute Gasteiger partial charge is 0.469 e. The third kappa shape index (κ3) is 3.32. The molecule has 3 rings (SSSR count). The van der Waals surface area contributed by atoms with Gasteiger partial charge in [-0.1, -0.05) is 36.4 Å². The number of rotatable bonds is 5. The highest BCUT2D eigenvalue weighted by atomic mass is 16.5. The van der Waals surface area contributed by atoms with Crippen molar-refractivity contribution in [2.75, 3.05) is 20.3 Å². The van der Waals surface area contributed by atoms with Crippen molar-refractivity contribution >= 4 is 5.97 Å². The Morgan fingerprint density at radius 2 is 2.15 bits per heavy atom. The Morgan fingerprint density at radius 1 is 1.38 bits per heavy atom. The molecule has 134 valence electrons. The molecule has 1 aromatic heterocycles. The lowest BCUT2D eigenvalue weighted by Crippen LogP contribution is -2.39. The number of ether oxygens (including phenoxy) is 1. The van der Waals surface area contributed by atoms with E-state index >= 15 is 0 Å². The lowest BCUT2D eigenvalue weighted by Gasteiger charge is -2.29. The maximum absolute atomic E-state index is 12.5. The van der Waals surface area contributed by atoms with Gasteiger partial charge in [-0.15, -0.1) is 0 Å². The zero-order valence-electron chi connectivity index (χ0n) is 14.5. The number of aliphatic hydroxyl groups is 1. The molecule has 1 aromatic carbocycles. The zero-order chi connectivity index (χ0) is 18.5. The SMILES string of the molecule is COC(=O)[C@@H]1[C@@H](C#N)N([C@@H](CO)c2ccccc2)C[C@H]1c1cccnc1. The van der Waals surface area contributed by atoms with Crippen LogP contribution in [0.1, 0.15) is 23.1 Å². The molecule has 2 aromatic rings. The summed E-state index contributed by atoms with van der Waals surface area (Å²) in [7, 11) is 1.33. The van der Waals surface area contributed by atoms with E-state index in [1.165, 1.54) is 7.11 Å². The molecule has 0 aliphatic carbocycles. The Balaban J connectivity index is 2.01. The van der Waals surface area contributed by atoms with Gasteiger partial charge in [0.05, 0.1) is 31.7 Å². The number of likely N-dealkylation sites (tertiary alicyclic amines) is 1. The van der Waals surface area contributed by atoms with Crippen molar-refractivity contribution in [1.82, 2.24) is 9.88 Å². The summed E-state index contributed by atoms with van der Waals surface area (Å²) >= 11 is 0. The molecule has 0 amide bonds. The molecule has 4 atom stereocenters. The van der Waals surface area contributed by atoms with Gasteiger partial charge in [0, 0.05) is 24.9 Å². The third-order valence-electron chi connectivity index (χ3n) is 5.01. The first-order valence-corrected chi connectivity index (χ1v) is 8.50. The van der Waals surface area contributed by atoms with Crippen molar-refractivity contribution in [1.29, 1.82) is 5.26 Å². The van der Waals surface area contributed by atoms with E-state index in [1.54, 1.807) is 12.4 Å². The summed E-state index contributed by atoms with van der Waals surface area (Å²) in [6, 6.07) is 14.4. The van der Waals surface area contributed by atoms with Gasteiger partial charge in [-0.05, 0) is 17.2 Å². The van der Waals surface area contributed by atoms with Crippen molar-refractivity contribution in [2.24, 2.45) is 5.92 Å². The molecule has 1 fully saturated rings. The number of benzene rings is 1. The monoisotopic (exact) mass is 351 g/mol. The van der Waals surface area contributed by atoms with Gasteiger partial charge in [-0.25, -0.2) is 0 Å². The lowest BCUT2D eigenvalue weighted by atomic mass is 9.86. The molecular weight excluding hydrogens is 330 g/mol. The van der Waals surface area contributed by atoms with Crippen LogP contribution in [-0.2, 0) is 9.53 Å². The number of nitrogens with zero attached hydrogens (tertiary/aromatic N) is 3. The Morgan fingerprint density at radius 3 is 2.73 bits per heavy atom. The minimum atomic E-state index is -0.690. The highest BCUT2D eigenvalue weighted by Gasteiger charge is 2.49. The van der Waals surface area contributed by atoms with E-state index in [0.717, 1.165) is 11.1 Å². The van der Waals surface area contributed by atoms with Crippen LogP contribution in [0.4, 0.5) is 0 Å². The number of hydrogen-bond donors (Lipinski definition) is 1. The summed E-state index contributed by atoms with van der Waals surface area (Å²) in [4.78, 5) is 18.5. The molecule has 1 saturated heterocycles. The molecule has 0 spiro atoms. The molecule has 0 bridgehead atoms. The van der Waals surface area contributed by atoms with Gasteiger partial charge in [-0.2, -0.15) is 5.26 Å². The van der Waals surface area contributed by atoms with Crippen LogP contribution in [0.25, 0.3) is 0 Å². The van der Waals surface area contributed by atoms with Crippen molar-refractivity contribution < 1.29 is 14.6 Å². The molecule has 6 heteroatoms. The molecule has 1 aliphatic rings. The average molecular weight is 351 g/mol. The van der Waals surface area contributed by atoms with Crippen LogP contribution in [0.5, 0.6) is 0 Å². The smallest absolute Gasteiger partial charge is 0.312 e. The van der Waals surface area contributed by atoms with Gasteiger partial charge in [0.1, 0.15) is 6.04 Å². The topological polar surface area (TPSA) is 86.5 Å². The summed E-state index contributed by atoms with van der Waals surface area (Å²) in [5.74, 6) is -1.27. The van der Waals surface area contributed by atoms with E-state index in [4.69, 9.17) is 4.74 Å². The summed E-state index contributed by atoms with van der Waals surface area (Å²) < 4.78 is 4.99. The Hall–Kier alpha value is -2.75. The molecule has 0 saturated carbocycles. The fraction of sp³-hybridized carbons (Fsp3) is 0.350. The van der Waals surface area contributed by atoms with Crippen LogP contribution in [-0.4, -0.2) is 47.3 Å². The Labute approximate surface area is 152 Å². The highest BCUT2D eigenvalue weighted by molar-refractivity contribution is 5.76. The minimum Gasteiger partial charge on any atom is -0.469 e. The van der Waals surface area contributed by atoms with Crippen LogP contribution < -0.4 is 0 Å². The van der Waals surface area contributed by atoms with Gasteiger partial charge >= 0.3 is 5.97 Å². The summed E-state index contributed by atoms with van der Waals surface area (Å²) in [5, 5.41) is 19.8. The Kier molecular flexibility index (Phi) is 5.61. The second-order valence-electron chi connectivity index (χ2n) is 6.32. The van der Waals surface area contributed by atoms with Gasteiger partial charge in [0.25, 0.3) is 0 Å². The van der Waals surface area contributed by atoms with Crippen LogP contribution in [0.2, 0.25) is 0 Å². The number of aliphatic hydroxyl groups excluding tert-OH is 1. The lowest BCUT2D eigenvalue weighted by molar-refractivity contribution is -0.146. The van der Waals surface area contributed by atoms with Crippen molar-refractivity contribution in [3.63, 3.8) is 0 Å². The first-order valence-electron chi connectivity index (χ1n) is 8.50. The predicted octanol–water partition coefficient (Wildman–Crippen LogP) is 1.90. The van der Waals surface area contributed by atoms with E-state index in [9.17, 15) is 15.2 Å². The number of hydrogen-bond acceptors (Lipinski definition) is 6. The van der Waals surface area contributed by atoms with E-state index in [-0.39, 0.29) is 18.6 Å². The molecule has 0 unspecified atom stereocenters. The third-order valence-corrected chi connectivity index (χ3v) is 5.01. The van der Waals surface area contributed by atoms with E-state index in [2.05, 4.69) is 11.1 Å². The summed E-state index contributed by atoms with van der Waals surface area (Å²) in [5.41, 5.74) is 1.79. The van der Waals surface area contributed by atoms with Gasteiger partial charge in [-0.3, -0.25) is 14.7 Å². The summed E-state index contributed by atoms with van der Waals surface area (Å²) in [6.45, 7) is 0.319. The number of nitriles is 1. The minimum absolute atomic E-state index is 0.143. The van der Waals surface area contributed by atoms with Crippen LogP contribution in [0.3, 0.4) is 0 Å². The maximum Gasteiger partial charge on any atom is 0.312 e. The molecule has 1 N–H and O–H groups in total. The first kappa shape index (κ1) is 18.1. The molecule has 2 heterocycles. The molecule has 6 nitrogen and oxygen atoms in total. The quantitative estimate of drug-likeness (QED) is 0.828. The number of aromatic nitrogens is 1. The zero-order valence-corrected chi connectivity index (χ0v) is 14.5. The number of carbonyl (C=O) groups is 1. The fourth-order valence-electron chi connectivity index (χ4n) is 3.77. The molecule has 0 radical (unpaired) electrons. The number of esters is 1. The van der Waals surface area contributed by atoms with Crippen LogP contribution in [0.15, 0.2) is 54.9 Å². The average Bonchev–Trinajstić information content (AvgIpc) is 3.09. The number of methoxy groups -OCH3 is 1. The second-order valence-corrected chi connectivity index (χ2v) is 6.32. The second kappa shape index (κ2) is 8.09.